The second-order valence-electron chi connectivity index (χ2n) is 8.87. The van der Waals surface area contributed by atoms with Gasteiger partial charge in [0.2, 0.25) is 11.8 Å². The van der Waals surface area contributed by atoms with Gasteiger partial charge in [-0.05, 0) is 49.4 Å². The van der Waals surface area contributed by atoms with Gasteiger partial charge < -0.3 is 16.4 Å². The number of carbonyl (C=O) groups is 2. The van der Waals surface area contributed by atoms with Crippen molar-refractivity contribution >= 4 is 17.6 Å². The van der Waals surface area contributed by atoms with Gasteiger partial charge in [-0.2, -0.15) is 0 Å². The van der Waals surface area contributed by atoms with Gasteiger partial charge in [0.25, 0.3) is 0 Å². The molecule has 0 spiro atoms. The summed E-state index contributed by atoms with van der Waals surface area (Å²) in [5, 5.41) is 0. The summed E-state index contributed by atoms with van der Waals surface area (Å²) < 4.78 is 0. The first-order chi connectivity index (χ1) is 15.0. The van der Waals surface area contributed by atoms with E-state index in [2.05, 4.69) is 16.0 Å². The maximum atomic E-state index is 12.0. The molecule has 0 bridgehead atoms. The van der Waals surface area contributed by atoms with Gasteiger partial charge in [-0.25, -0.2) is 4.98 Å². The largest absolute Gasteiger partial charge is 0.369 e. The van der Waals surface area contributed by atoms with Crippen LogP contribution >= 0.6 is 0 Å². The molecule has 7 nitrogen and oxygen atoms in total. The molecule has 2 aliphatic rings. The first-order valence-electron chi connectivity index (χ1n) is 11.3. The Labute approximate surface area is 183 Å². The van der Waals surface area contributed by atoms with Crippen molar-refractivity contribution in [3.63, 3.8) is 0 Å². The molecule has 2 fully saturated rings. The number of amides is 2. The van der Waals surface area contributed by atoms with Crippen molar-refractivity contribution in [1.29, 1.82) is 0 Å². The summed E-state index contributed by atoms with van der Waals surface area (Å²) in [5.41, 5.74) is 14.2. The van der Waals surface area contributed by atoms with Crippen LogP contribution in [0.2, 0.25) is 0 Å². The number of nitrogens with zero attached hydrogens (tertiary/aromatic N) is 3. The number of anilines is 1. The van der Waals surface area contributed by atoms with Crippen molar-refractivity contribution < 1.29 is 9.59 Å². The summed E-state index contributed by atoms with van der Waals surface area (Å²) in [6.07, 6.45) is 10.7. The molecular weight excluding hydrogens is 390 g/mol. The van der Waals surface area contributed by atoms with Gasteiger partial charge in [0.15, 0.2) is 0 Å². The molecule has 0 unspecified atom stereocenters. The van der Waals surface area contributed by atoms with Gasteiger partial charge in [-0.15, -0.1) is 0 Å². The SMILES string of the molecule is NC(=O)c1cc(-c2ccnc(CC3CCCCC3)c2)nc(N2CCC(C(N)=O)CC2)c1. The van der Waals surface area contributed by atoms with Gasteiger partial charge in [0.05, 0.1) is 5.69 Å². The highest BCUT2D eigenvalue weighted by Crippen LogP contribution is 2.29. The van der Waals surface area contributed by atoms with Crippen LogP contribution in [-0.2, 0) is 11.2 Å². The molecule has 1 saturated carbocycles. The molecule has 1 aliphatic carbocycles. The smallest absolute Gasteiger partial charge is 0.248 e. The molecule has 7 heteroatoms. The van der Waals surface area contributed by atoms with E-state index in [1.165, 1.54) is 32.1 Å². The zero-order chi connectivity index (χ0) is 21.8. The number of aromatic nitrogens is 2. The van der Waals surface area contributed by atoms with Crippen molar-refractivity contribution in [3.8, 4) is 11.3 Å². The molecule has 3 heterocycles. The summed E-state index contributed by atoms with van der Waals surface area (Å²) in [4.78, 5) is 35.0. The van der Waals surface area contributed by atoms with Crippen LogP contribution in [0.25, 0.3) is 11.3 Å². The first-order valence-corrected chi connectivity index (χ1v) is 11.3. The van der Waals surface area contributed by atoms with Gasteiger partial charge in [-0.3, -0.25) is 14.6 Å². The van der Waals surface area contributed by atoms with E-state index < -0.39 is 5.91 Å². The Morgan fingerprint density at radius 2 is 1.74 bits per heavy atom. The van der Waals surface area contributed by atoms with E-state index in [-0.39, 0.29) is 11.8 Å². The van der Waals surface area contributed by atoms with Crippen molar-refractivity contribution in [1.82, 2.24) is 9.97 Å². The van der Waals surface area contributed by atoms with Crippen molar-refractivity contribution in [2.75, 3.05) is 18.0 Å². The summed E-state index contributed by atoms with van der Waals surface area (Å²) in [6.45, 7) is 1.34. The summed E-state index contributed by atoms with van der Waals surface area (Å²) >= 11 is 0. The predicted molar refractivity (Wildman–Crippen MR) is 120 cm³/mol. The highest BCUT2D eigenvalue weighted by Gasteiger charge is 2.25. The van der Waals surface area contributed by atoms with Crippen LogP contribution in [0, 0.1) is 11.8 Å². The van der Waals surface area contributed by atoms with Crippen LogP contribution in [-0.4, -0.2) is 34.9 Å². The Hall–Kier alpha value is -2.96. The summed E-state index contributed by atoms with van der Waals surface area (Å²) in [7, 11) is 0. The number of primary amides is 2. The Balaban J connectivity index is 1.58. The van der Waals surface area contributed by atoms with Crippen LogP contribution in [0.4, 0.5) is 5.82 Å². The van der Waals surface area contributed by atoms with Crippen LogP contribution in [0.3, 0.4) is 0 Å². The fourth-order valence-corrected chi connectivity index (χ4v) is 4.80. The molecule has 0 atom stereocenters. The van der Waals surface area contributed by atoms with Crippen LogP contribution in [0.1, 0.15) is 61.0 Å². The van der Waals surface area contributed by atoms with Gasteiger partial charge in [0, 0.05) is 42.0 Å². The first kappa shape index (κ1) is 21.3. The minimum Gasteiger partial charge on any atom is -0.369 e. The Morgan fingerprint density at radius 3 is 2.42 bits per heavy atom. The normalized spacial score (nSPS) is 18.1. The van der Waals surface area contributed by atoms with E-state index in [9.17, 15) is 9.59 Å². The molecule has 1 saturated heterocycles. The van der Waals surface area contributed by atoms with Crippen molar-refractivity contribution in [2.24, 2.45) is 23.3 Å². The molecule has 4 rings (SSSR count). The Morgan fingerprint density at radius 1 is 1.00 bits per heavy atom. The van der Waals surface area contributed by atoms with Crippen molar-refractivity contribution in [3.05, 3.63) is 41.7 Å². The standard InChI is InChI=1S/C24H31N5O2/c25-23(30)17-7-10-29(11-8-17)22-15-19(24(26)31)14-21(28-22)18-6-9-27-20(13-18)12-16-4-2-1-3-5-16/h6,9,13-17H,1-5,7-8,10-12H2,(H2,25,30)(H2,26,31). The molecule has 1 aliphatic heterocycles. The number of hydrogen-bond acceptors (Lipinski definition) is 5. The lowest BCUT2D eigenvalue weighted by atomic mass is 9.86. The Kier molecular flexibility index (Phi) is 6.49. The number of pyridine rings is 2. The topological polar surface area (TPSA) is 115 Å². The quantitative estimate of drug-likeness (QED) is 0.744. The zero-order valence-corrected chi connectivity index (χ0v) is 17.9. The van der Waals surface area contributed by atoms with Crippen LogP contribution < -0.4 is 16.4 Å². The molecule has 0 radical (unpaired) electrons. The average Bonchev–Trinajstić information content (AvgIpc) is 2.79. The Bertz CT molecular complexity index is 947. The molecule has 2 amide bonds. The highest BCUT2D eigenvalue weighted by molar-refractivity contribution is 5.94. The number of carbonyl (C=O) groups excluding carboxylic acids is 2. The molecule has 31 heavy (non-hydrogen) atoms. The van der Waals surface area contributed by atoms with Crippen LogP contribution in [0.5, 0.6) is 0 Å². The summed E-state index contributed by atoms with van der Waals surface area (Å²) in [6, 6.07) is 7.51. The van der Waals surface area contributed by atoms with Crippen molar-refractivity contribution in [2.45, 2.75) is 51.4 Å². The number of piperidine rings is 1. The fourth-order valence-electron chi connectivity index (χ4n) is 4.80. The lowest BCUT2D eigenvalue weighted by Crippen LogP contribution is -2.39. The second-order valence-corrected chi connectivity index (χ2v) is 8.87. The molecule has 0 aromatic carbocycles. The molecule has 4 N–H and O–H groups in total. The molecule has 164 valence electrons. The van der Waals surface area contributed by atoms with Crippen LogP contribution in [0.15, 0.2) is 30.5 Å². The summed E-state index contributed by atoms with van der Waals surface area (Å²) in [5.74, 6) is 0.579. The van der Waals surface area contributed by atoms with Gasteiger partial charge >= 0.3 is 0 Å². The average molecular weight is 422 g/mol. The highest BCUT2D eigenvalue weighted by atomic mass is 16.1. The lowest BCUT2D eigenvalue weighted by molar-refractivity contribution is -0.122. The minimum atomic E-state index is -0.478. The van der Waals surface area contributed by atoms with E-state index in [4.69, 9.17) is 16.5 Å². The predicted octanol–water partition coefficient (Wildman–Crippen LogP) is 3.07. The zero-order valence-electron chi connectivity index (χ0n) is 17.9. The van der Waals surface area contributed by atoms with E-state index in [1.807, 2.05) is 12.3 Å². The second kappa shape index (κ2) is 9.45. The maximum Gasteiger partial charge on any atom is 0.248 e. The molecule has 2 aromatic rings. The van der Waals surface area contributed by atoms with E-state index >= 15 is 0 Å². The minimum absolute atomic E-state index is 0.0995. The molecular formula is C24H31N5O2. The number of nitrogens with two attached hydrogens (primary N) is 2. The third-order valence-corrected chi connectivity index (χ3v) is 6.65. The third-order valence-electron chi connectivity index (χ3n) is 6.65. The number of hydrogen-bond donors (Lipinski definition) is 2. The third kappa shape index (κ3) is 5.21. The monoisotopic (exact) mass is 421 g/mol. The van der Waals surface area contributed by atoms with Gasteiger partial charge in [0.1, 0.15) is 5.82 Å². The maximum absolute atomic E-state index is 12.0. The van der Waals surface area contributed by atoms with E-state index in [0.29, 0.717) is 43.2 Å². The lowest BCUT2D eigenvalue weighted by Gasteiger charge is -2.31. The van der Waals surface area contributed by atoms with E-state index in [0.717, 1.165) is 23.4 Å². The van der Waals surface area contributed by atoms with E-state index in [1.54, 1.807) is 12.1 Å². The van der Waals surface area contributed by atoms with Gasteiger partial charge in [-0.1, -0.05) is 32.1 Å². The molecule has 2 aromatic heterocycles. The fraction of sp³-hybridized carbons (Fsp3) is 0.500. The number of rotatable bonds is 6.